The zero-order chi connectivity index (χ0) is 41.0. The van der Waals surface area contributed by atoms with Gasteiger partial charge in [-0.25, -0.2) is 4.98 Å². The summed E-state index contributed by atoms with van der Waals surface area (Å²) in [5.74, 6) is 2.24. The molecule has 0 aliphatic rings. The Balaban J connectivity index is 1.27. The number of carbonyl (C=O) groups is 5. The number of aromatic nitrogens is 2. The Morgan fingerprint density at radius 2 is 1.71 bits per heavy atom. The third-order valence-electron chi connectivity index (χ3n) is 9.07. The van der Waals surface area contributed by atoms with E-state index in [1.807, 2.05) is 24.8 Å². The van der Waals surface area contributed by atoms with Gasteiger partial charge in [-0.05, 0) is 54.3 Å². The van der Waals surface area contributed by atoms with E-state index < -0.39 is 5.92 Å². The molecule has 0 fully saturated rings. The molecule has 3 unspecified atom stereocenters. The number of nitrogens with one attached hydrogen (secondary N) is 3. The number of esters is 1. The number of terminal acetylenes is 1. The van der Waals surface area contributed by atoms with Crippen molar-refractivity contribution < 1.29 is 28.7 Å². The number of rotatable bonds is 25. The standard InChI is InChI=1S/C40H53N7O7S2/c1-5-18-47(25-29-8-13-34-33(24-29)39(53)46-40(42)45-34)31-11-9-30(10-12-31)38(52)43-16-6-7-36(50)54-19-21-56-55-20-14-32(48)22-26(2)28(4)35(49)23-27(3)37(51)44-17-15-41/h1,8-13,24,26-28H,6-7,14-23,25,41H2,2-4H3,(H,43,52)(H,44,51)(H3,42,45,46,53). The van der Waals surface area contributed by atoms with E-state index >= 15 is 0 Å². The van der Waals surface area contributed by atoms with E-state index in [2.05, 4.69) is 26.5 Å². The number of nitrogens with two attached hydrogens (primary N) is 2. The van der Waals surface area contributed by atoms with Gasteiger partial charge < -0.3 is 31.7 Å². The molecule has 2 aromatic carbocycles. The molecule has 0 radical (unpaired) electrons. The summed E-state index contributed by atoms with van der Waals surface area (Å²) in [5, 5.41) is 5.94. The Kier molecular flexibility index (Phi) is 19.5. The highest BCUT2D eigenvalue weighted by Crippen LogP contribution is 2.25. The molecule has 56 heavy (non-hydrogen) atoms. The fourth-order valence-corrected chi connectivity index (χ4v) is 7.53. The number of aromatic amines is 1. The van der Waals surface area contributed by atoms with E-state index in [0.717, 1.165) is 11.3 Å². The Morgan fingerprint density at radius 3 is 2.43 bits per heavy atom. The number of hydrogen-bond acceptors (Lipinski definition) is 13. The molecule has 3 atom stereocenters. The smallest absolute Gasteiger partial charge is 0.305 e. The van der Waals surface area contributed by atoms with Crippen molar-refractivity contribution in [3.63, 3.8) is 0 Å². The van der Waals surface area contributed by atoms with Gasteiger partial charge in [0, 0.05) is 86.5 Å². The zero-order valence-electron chi connectivity index (χ0n) is 32.3. The number of H-pyrrole nitrogens is 1. The third kappa shape index (κ3) is 15.4. The van der Waals surface area contributed by atoms with E-state index in [9.17, 15) is 28.8 Å². The van der Waals surface area contributed by atoms with Gasteiger partial charge in [-0.2, -0.15) is 0 Å². The van der Waals surface area contributed by atoms with Crippen LogP contribution >= 0.6 is 21.6 Å². The fourth-order valence-electron chi connectivity index (χ4n) is 5.67. The van der Waals surface area contributed by atoms with Crippen LogP contribution in [0.15, 0.2) is 47.3 Å². The normalized spacial score (nSPS) is 12.6. The average Bonchev–Trinajstić information content (AvgIpc) is 3.17. The van der Waals surface area contributed by atoms with Crippen molar-refractivity contribution >= 4 is 73.5 Å². The molecule has 0 spiro atoms. The van der Waals surface area contributed by atoms with Gasteiger partial charge in [-0.3, -0.25) is 33.8 Å². The van der Waals surface area contributed by atoms with Gasteiger partial charge in [0.15, 0.2) is 0 Å². The molecule has 0 aliphatic heterocycles. The molecule has 2 amide bonds. The molecule has 0 bridgehead atoms. The first kappa shape index (κ1) is 45.5. The lowest BCUT2D eigenvalue weighted by atomic mass is 9.84. The highest BCUT2D eigenvalue weighted by Gasteiger charge is 2.26. The largest absolute Gasteiger partial charge is 0.465 e. The van der Waals surface area contributed by atoms with E-state index in [0.29, 0.717) is 80.0 Å². The summed E-state index contributed by atoms with van der Waals surface area (Å²) in [6.07, 6.45) is 7.03. The number of anilines is 2. The summed E-state index contributed by atoms with van der Waals surface area (Å²) in [6, 6.07) is 12.4. The minimum atomic E-state index is -0.443. The van der Waals surface area contributed by atoms with Crippen LogP contribution < -0.4 is 32.6 Å². The summed E-state index contributed by atoms with van der Waals surface area (Å²) in [7, 11) is 3.05. The lowest BCUT2D eigenvalue weighted by Crippen LogP contribution is -2.35. The quantitative estimate of drug-likeness (QED) is 0.0356. The number of carbonyl (C=O) groups excluding carboxylic acids is 5. The monoisotopic (exact) mass is 807 g/mol. The topological polar surface area (TPSA) is 220 Å². The van der Waals surface area contributed by atoms with Crippen LogP contribution in [-0.2, 0) is 30.5 Å². The second-order valence-electron chi connectivity index (χ2n) is 13.5. The first-order valence-electron chi connectivity index (χ1n) is 18.6. The summed E-state index contributed by atoms with van der Waals surface area (Å²) >= 11 is 0. The molecule has 0 saturated heterocycles. The second-order valence-corrected chi connectivity index (χ2v) is 16.2. The maximum absolute atomic E-state index is 12.7. The molecule has 16 heteroatoms. The van der Waals surface area contributed by atoms with Crippen molar-refractivity contribution in [1.29, 1.82) is 0 Å². The second kappa shape index (κ2) is 23.9. The lowest BCUT2D eigenvalue weighted by Gasteiger charge is -2.23. The number of nitrogen functional groups attached to an aromatic ring is 1. The van der Waals surface area contributed by atoms with E-state index in [-0.39, 0.29) is 72.1 Å². The van der Waals surface area contributed by atoms with Crippen LogP contribution in [0, 0.1) is 30.1 Å². The van der Waals surface area contributed by atoms with E-state index in [1.54, 1.807) is 43.3 Å². The Bertz CT molecular complexity index is 1900. The molecule has 0 aliphatic carbocycles. The van der Waals surface area contributed by atoms with Crippen molar-refractivity contribution in [2.75, 3.05) is 54.9 Å². The van der Waals surface area contributed by atoms with E-state index in [1.165, 1.54) is 21.6 Å². The molecule has 1 aromatic heterocycles. The molecule has 3 rings (SSSR count). The van der Waals surface area contributed by atoms with Gasteiger partial charge in [0.2, 0.25) is 11.9 Å². The van der Waals surface area contributed by atoms with Crippen molar-refractivity contribution in [3.05, 3.63) is 63.9 Å². The van der Waals surface area contributed by atoms with E-state index in [4.69, 9.17) is 22.6 Å². The molecule has 1 heterocycles. The van der Waals surface area contributed by atoms with Crippen LogP contribution in [0.25, 0.3) is 10.9 Å². The van der Waals surface area contributed by atoms with Gasteiger partial charge in [0.05, 0.1) is 17.4 Å². The summed E-state index contributed by atoms with van der Waals surface area (Å²) < 4.78 is 5.29. The minimum absolute atomic E-state index is 0.0289. The van der Waals surface area contributed by atoms with Crippen LogP contribution in [0.4, 0.5) is 11.6 Å². The Morgan fingerprint density at radius 1 is 0.982 bits per heavy atom. The predicted molar refractivity (Wildman–Crippen MR) is 224 cm³/mol. The fraction of sp³-hybridized carbons (Fsp3) is 0.475. The van der Waals surface area contributed by atoms with Gasteiger partial charge in [0.1, 0.15) is 18.2 Å². The third-order valence-corrected chi connectivity index (χ3v) is 11.4. The molecule has 7 N–H and O–H groups in total. The first-order valence-corrected chi connectivity index (χ1v) is 21.1. The van der Waals surface area contributed by atoms with Gasteiger partial charge in [-0.1, -0.05) is 54.3 Å². The first-order chi connectivity index (χ1) is 26.8. The van der Waals surface area contributed by atoms with Crippen molar-refractivity contribution in [1.82, 2.24) is 20.6 Å². The van der Waals surface area contributed by atoms with Crippen molar-refractivity contribution in [2.45, 2.75) is 59.4 Å². The molecule has 14 nitrogen and oxygen atoms in total. The Hall–Kier alpha value is -4.85. The van der Waals surface area contributed by atoms with Crippen molar-refractivity contribution in [2.24, 2.45) is 23.5 Å². The van der Waals surface area contributed by atoms with Crippen LogP contribution in [0.2, 0.25) is 0 Å². The molecular weight excluding hydrogens is 755 g/mol. The number of ether oxygens (including phenoxy) is 1. The highest BCUT2D eigenvalue weighted by molar-refractivity contribution is 8.76. The highest BCUT2D eigenvalue weighted by atomic mass is 33.1. The van der Waals surface area contributed by atoms with Crippen LogP contribution in [0.3, 0.4) is 0 Å². The average molecular weight is 808 g/mol. The molecule has 0 saturated carbocycles. The summed E-state index contributed by atoms with van der Waals surface area (Å²) in [4.78, 5) is 83.0. The Labute approximate surface area is 335 Å². The lowest BCUT2D eigenvalue weighted by molar-refractivity contribution is -0.143. The number of ketones is 2. The van der Waals surface area contributed by atoms with Crippen molar-refractivity contribution in [3.8, 4) is 12.3 Å². The SMILES string of the molecule is C#CCN(Cc1ccc2nc(N)[nH]c(=O)c2c1)c1ccc(C(=O)NCCCC(=O)OCCSSCCC(=O)CC(C)C(C)C(=O)CC(C)C(=O)NCCN)cc1. The van der Waals surface area contributed by atoms with Gasteiger partial charge in [0.25, 0.3) is 11.5 Å². The number of Topliss-reactive ketones (excluding diaryl/α,β-unsaturated/α-hetero) is 2. The number of benzene rings is 2. The minimum Gasteiger partial charge on any atom is -0.465 e. The summed E-state index contributed by atoms with van der Waals surface area (Å²) in [5.41, 5.74) is 13.3. The number of amides is 2. The summed E-state index contributed by atoms with van der Waals surface area (Å²) in [6.45, 7) is 7.39. The number of nitrogens with zero attached hydrogens (tertiary/aromatic N) is 2. The van der Waals surface area contributed by atoms with Crippen LogP contribution in [0.1, 0.15) is 68.8 Å². The maximum Gasteiger partial charge on any atom is 0.305 e. The van der Waals surface area contributed by atoms with Gasteiger partial charge >= 0.3 is 5.97 Å². The number of fused-ring (bicyclic) bond motifs is 1. The maximum atomic E-state index is 12.7. The van der Waals surface area contributed by atoms with Gasteiger partial charge in [-0.15, -0.1) is 6.42 Å². The van der Waals surface area contributed by atoms with Crippen LogP contribution in [-0.4, -0.2) is 83.6 Å². The molecule has 3 aromatic rings. The molecular formula is C40H53N7O7S2. The zero-order valence-corrected chi connectivity index (χ0v) is 33.9. The molecule has 302 valence electrons. The predicted octanol–water partition coefficient (Wildman–Crippen LogP) is 3.87. The number of hydrogen-bond donors (Lipinski definition) is 5. The van der Waals surface area contributed by atoms with Crippen LogP contribution in [0.5, 0.6) is 0 Å².